The molecule has 0 spiro atoms. The predicted molar refractivity (Wildman–Crippen MR) is 156 cm³/mol. The zero-order chi connectivity index (χ0) is 27.5. The van der Waals surface area contributed by atoms with E-state index in [0.717, 1.165) is 25.4 Å². The van der Waals surface area contributed by atoms with E-state index < -0.39 is 17.8 Å². The first kappa shape index (κ1) is 26.4. The molecule has 8 heteroatoms. The molecule has 194 valence electrons. The van der Waals surface area contributed by atoms with Crippen molar-refractivity contribution in [1.29, 1.82) is 0 Å². The molecule has 5 rings (SSSR count). The molecule has 1 fully saturated rings. The van der Waals surface area contributed by atoms with E-state index >= 15 is 0 Å². The topological polar surface area (TPSA) is 66.9 Å². The van der Waals surface area contributed by atoms with Gasteiger partial charge in [-0.1, -0.05) is 82.1 Å². The molecule has 4 amide bonds. The van der Waals surface area contributed by atoms with Gasteiger partial charge in [-0.2, -0.15) is 0 Å². The summed E-state index contributed by atoms with van der Waals surface area (Å²) in [6.45, 7) is 0. The number of carbonyl (C=O) groups is 3. The van der Waals surface area contributed by atoms with E-state index in [1.165, 1.54) is 13.2 Å². The summed E-state index contributed by atoms with van der Waals surface area (Å²) < 4.78 is 6.59. The number of carbonyl (C=O) groups excluding carboxylic acids is 3. The number of hydrogen-bond acceptors (Lipinski definition) is 4. The summed E-state index contributed by atoms with van der Waals surface area (Å²) in [6, 6.07) is 27.5. The highest BCUT2D eigenvalue weighted by molar-refractivity contribution is 9.10. The Morgan fingerprint density at radius 3 is 1.87 bits per heavy atom. The third-order valence-electron chi connectivity index (χ3n) is 6.31. The highest BCUT2D eigenvalue weighted by atomic mass is 79.9. The normalized spacial score (nSPS) is 13.6. The van der Waals surface area contributed by atoms with Crippen molar-refractivity contribution in [3.8, 4) is 5.75 Å². The lowest BCUT2D eigenvalue weighted by molar-refractivity contribution is -0.121. The third-order valence-corrected chi connectivity index (χ3v) is 7.42. The number of ether oxygens (including phenoxy) is 1. The standard InChI is InChI=1S/C31H22BrClN2O4/c1-39-28-18-20(17-27(33)24(28)19-21-10-8-9-15-26(21)32)16-25-29(36)34(22-11-4-2-5-12-22)31(38)35(30(25)37)23-13-6-3-7-14-23/h2-18H,19H2,1H3. The zero-order valence-electron chi connectivity index (χ0n) is 20.8. The Bertz CT molecular complexity index is 1540. The minimum Gasteiger partial charge on any atom is -0.496 e. The van der Waals surface area contributed by atoms with Crippen LogP contribution in [0.15, 0.2) is 107 Å². The van der Waals surface area contributed by atoms with Crippen LogP contribution < -0.4 is 14.5 Å². The largest absolute Gasteiger partial charge is 0.496 e. The average Bonchev–Trinajstić information content (AvgIpc) is 2.94. The second-order valence-corrected chi connectivity index (χ2v) is 10.0. The molecule has 0 bridgehead atoms. The van der Waals surface area contributed by atoms with E-state index in [-0.39, 0.29) is 5.57 Å². The first-order valence-electron chi connectivity index (χ1n) is 12.0. The van der Waals surface area contributed by atoms with Crippen molar-refractivity contribution in [2.75, 3.05) is 16.9 Å². The minimum absolute atomic E-state index is 0.182. The second-order valence-electron chi connectivity index (χ2n) is 8.74. The molecule has 0 aliphatic carbocycles. The fraction of sp³-hybridized carbons (Fsp3) is 0.0645. The van der Waals surface area contributed by atoms with Crippen LogP contribution in [-0.4, -0.2) is 25.0 Å². The van der Waals surface area contributed by atoms with Crippen LogP contribution in [0.4, 0.5) is 16.2 Å². The Kier molecular flexibility index (Phi) is 7.63. The quantitative estimate of drug-likeness (QED) is 0.172. The first-order valence-corrected chi connectivity index (χ1v) is 13.2. The molecule has 1 aliphatic heterocycles. The lowest BCUT2D eigenvalue weighted by Gasteiger charge is -2.34. The second kappa shape index (κ2) is 11.3. The summed E-state index contributed by atoms with van der Waals surface area (Å²) in [5.41, 5.74) is 2.80. The number of methoxy groups -OCH3 is 1. The average molecular weight is 602 g/mol. The maximum Gasteiger partial charge on any atom is 0.343 e. The van der Waals surface area contributed by atoms with E-state index in [4.69, 9.17) is 16.3 Å². The number of barbiturate groups is 1. The number of amides is 4. The van der Waals surface area contributed by atoms with Gasteiger partial charge in [-0.25, -0.2) is 14.6 Å². The molecule has 0 unspecified atom stereocenters. The van der Waals surface area contributed by atoms with Gasteiger partial charge in [-0.05, 0) is 59.7 Å². The van der Waals surface area contributed by atoms with Crippen LogP contribution in [0.1, 0.15) is 16.7 Å². The van der Waals surface area contributed by atoms with Crippen LogP contribution in [0, 0.1) is 0 Å². The summed E-state index contributed by atoms with van der Waals surface area (Å²) in [4.78, 5) is 42.8. The summed E-state index contributed by atoms with van der Waals surface area (Å²) in [5, 5.41) is 0.420. The molecular formula is C31H22BrClN2O4. The van der Waals surface area contributed by atoms with Crippen LogP contribution in [-0.2, 0) is 16.0 Å². The van der Waals surface area contributed by atoms with E-state index in [2.05, 4.69) is 15.9 Å². The summed E-state index contributed by atoms with van der Waals surface area (Å²) in [5.74, 6) is -0.941. The maximum atomic E-state index is 13.6. The highest BCUT2D eigenvalue weighted by Gasteiger charge is 2.43. The number of halogens is 2. The Labute approximate surface area is 239 Å². The number of urea groups is 1. The van der Waals surface area contributed by atoms with Crippen molar-refractivity contribution in [2.45, 2.75) is 6.42 Å². The smallest absolute Gasteiger partial charge is 0.343 e. The Balaban J connectivity index is 1.60. The zero-order valence-corrected chi connectivity index (χ0v) is 23.1. The summed E-state index contributed by atoms with van der Waals surface area (Å²) >= 11 is 10.3. The van der Waals surface area contributed by atoms with Gasteiger partial charge in [0.05, 0.1) is 18.5 Å². The molecule has 0 N–H and O–H groups in total. The molecule has 1 aliphatic rings. The Morgan fingerprint density at radius 2 is 1.33 bits per heavy atom. The van der Waals surface area contributed by atoms with Gasteiger partial charge in [0.15, 0.2) is 0 Å². The van der Waals surface area contributed by atoms with E-state index in [1.807, 2.05) is 24.3 Å². The number of imide groups is 2. The fourth-order valence-electron chi connectivity index (χ4n) is 4.41. The maximum absolute atomic E-state index is 13.6. The Hall–Kier alpha value is -4.20. The molecule has 1 saturated heterocycles. The van der Waals surface area contributed by atoms with Crippen molar-refractivity contribution < 1.29 is 19.1 Å². The van der Waals surface area contributed by atoms with Crippen LogP contribution in [0.2, 0.25) is 5.02 Å². The van der Waals surface area contributed by atoms with Crippen molar-refractivity contribution >= 4 is 62.8 Å². The Morgan fingerprint density at radius 1 is 0.795 bits per heavy atom. The SMILES string of the molecule is COc1cc(C=C2C(=O)N(c3ccccc3)C(=O)N(c3ccccc3)C2=O)cc(Cl)c1Cc1ccccc1Br. The number of benzene rings is 4. The molecule has 0 radical (unpaired) electrons. The number of nitrogens with zero attached hydrogens (tertiary/aromatic N) is 2. The van der Waals surface area contributed by atoms with E-state index in [9.17, 15) is 14.4 Å². The summed E-state index contributed by atoms with van der Waals surface area (Å²) in [6.07, 6.45) is 1.95. The molecule has 0 saturated carbocycles. The molecule has 6 nitrogen and oxygen atoms in total. The lowest BCUT2D eigenvalue weighted by Crippen LogP contribution is -2.57. The monoisotopic (exact) mass is 600 g/mol. The number of hydrogen-bond donors (Lipinski definition) is 0. The molecular weight excluding hydrogens is 580 g/mol. The number of rotatable bonds is 6. The van der Waals surface area contributed by atoms with Crippen molar-refractivity contribution in [3.63, 3.8) is 0 Å². The summed E-state index contributed by atoms with van der Waals surface area (Å²) in [7, 11) is 1.54. The van der Waals surface area contributed by atoms with Gasteiger partial charge in [-0.15, -0.1) is 0 Å². The van der Waals surface area contributed by atoms with Gasteiger partial charge in [-0.3, -0.25) is 9.59 Å². The molecule has 4 aromatic carbocycles. The fourth-order valence-corrected chi connectivity index (χ4v) is 5.12. The van der Waals surface area contributed by atoms with Gasteiger partial charge < -0.3 is 4.74 Å². The lowest BCUT2D eigenvalue weighted by atomic mass is 10.00. The number of anilines is 2. The van der Waals surface area contributed by atoms with Crippen LogP contribution >= 0.6 is 27.5 Å². The molecule has 4 aromatic rings. The van der Waals surface area contributed by atoms with Gasteiger partial charge in [0.25, 0.3) is 11.8 Å². The van der Waals surface area contributed by atoms with Crippen molar-refractivity contribution in [3.05, 3.63) is 129 Å². The van der Waals surface area contributed by atoms with Crippen molar-refractivity contribution in [2.24, 2.45) is 0 Å². The van der Waals surface area contributed by atoms with Gasteiger partial charge in [0.1, 0.15) is 11.3 Å². The van der Waals surface area contributed by atoms with Crippen LogP contribution in [0.5, 0.6) is 5.75 Å². The van der Waals surface area contributed by atoms with Crippen LogP contribution in [0.3, 0.4) is 0 Å². The molecule has 0 atom stereocenters. The number of para-hydroxylation sites is 2. The van der Waals surface area contributed by atoms with Gasteiger partial charge in [0, 0.05) is 21.5 Å². The highest BCUT2D eigenvalue weighted by Crippen LogP contribution is 2.35. The van der Waals surface area contributed by atoms with Gasteiger partial charge in [0.2, 0.25) is 0 Å². The van der Waals surface area contributed by atoms with Crippen molar-refractivity contribution in [1.82, 2.24) is 0 Å². The molecule has 0 aromatic heterocycles. The van der Waals surface area contributed by atoms with E-state index in [1.54, 1.807) is 72.8 Å². The van der Waals surface area contributed by atoms with Crippen LogP contribution in [0.25, 0.3) is 6.08 Å². The molecule has 1 heterocycles. The molecule has 39 heavy (non-hydrogen) atoms. The third kappa shape index (κ3) is 5.24. The predicted octanol–water partition coefficient (Wildman–Crippen LogP) is 7.29. The minimum atomic E-state index is -0.751. The van der Waals surface area contributed by atoms with E-state index in [0.29, 0.717) is 34.1 Å². The van der Waals surface area contributed by atoms with Gasteiger partial charge >= 0.3 is 6.03 Å². The first-order chi connectivity index (χ1) is 18.9.